The molecule has 1 aromatic carbocycles. The molecule has 0 aromatic heterocycles. The third-order valence-electron chi connectivity index (χ3n) is 6.29. The van der Waals surface area contributed by atoms with Crippen LogP contribution in [0.15, 0.2) is 24.3 Å². The van der Waals surface area contributed by atoms with Gasteiger partial charge in [-0.15, -0.1) is 0 Å². The molecule has 3 amide bonds. The summed E-state index contributed by atoms with van der Waals surface area (Å²) in [6.07, 6.45) is 6.01. The van der Waals surface area contributed by atoms with Crippen LogP contribution in [0.3, 0.4) is 0 Å². The first-order chi connectivity index (χ1) is 16.1. The molecule has 188 valence electrons. The molecular formula is C25H38N4O5. The van der Waals surface area contributed by atoms with Crippen molar-refractivity contribution >= 4 is 23.4 Å². The lowest BCUT2D eigenvalue weighted by Gasteiger charge is -2.41. The van der Waals surface area contributed by atoms with Crippen LogP contribution >= 0.6 is 0 Å². The van der Waals surface area contributed by atoms with E-state index in [-0.39, 0.29) is 35.0 Å². The van der Waals surface area contributed by atoms with Gasteiger partial charge in [-0.2, -0.15) is 0 Å². The average Bonchev–Trinajstić information content (AvgIpc) is 2.81. The molecular weight excluding hydrogens is 436 g/mol. The second-order valence-corrected chi connectivity index (χ2v) is 9.39. The minimum absolute atomic E-state index is 0.0962. The first-order valence-electron chi connectivity index (χ1n) is 12.3. The summed E-state index contributed by atoms with van der Waals surface area (Å²) in [7, 11) is 0. The second-order valence-electron chi connectivity index (χ2n) is 9.39. The molecule has 9 heteroatoms. The first kappa shape index (κ1) is 27.3. The fourth-order valence-corrected chi connectivity index (χ4v) is 4.25. The molecule has 0 bridgehead atoms. The number of hydrogen-bond acceptors (Lipinski definition) is 5. The molecule has 2 atom stereocenters. The fourth-order valence-electron chi connectivity index (χ4n) is 4.25. The molecule has 1 aliphatic rings. The van der Waals surface area contributed by atoms with Gasteiger partial charge in [0.1, 0.15) is 6.04 Å². The molecule has 1 saturated heterocycles. The summed E-state index contributed by atoms with van der Waals surface area (Å²) in [4.78, 5) is 52.7. The van der Waals surface area contributed by atoms with Crippen LogP contribution in [0.25, 0.3) is 0 Å². The minimum Gasteiger partial charge on any atom is -0.340 e. The summed E-state index contributed by atoms with van der Waals surface area (Å²) in [5.74, 6) is -0.767. The third kappa shape index (κ3) is 7.53. The highest BCUT2D eigenvalue weighted by atomic mass is 16.6. The van der Waals surface area contributed by atoms with Crippen LogP contribution in [0.4, 0.5) is 5.69 Å². The number of rotatable bonds is 11. The number of benzene rings is 1. The Bertz CT molecular complexity index is 873. The number of carbonyl (C=O) groups is 3. The van der Waals surface area contributed by atoms with Crippen molar-refractivity contribution in [2.75, 3.05) is 19.6 Å². The van der Waals surface area contributed by atoms with E-state index in [0.717, 1.165) is 19.3 Å². The fraction of sp³-hybridized carbons (Fsp3) is 0.640. The number of amides is 3. The summed E-state index contributed by atoms with van der Waals surface area (Å²) in [6, 6.07) is 4.59. The molecule has 1 aromatic rings. The molecule has 1 fully saturated rings. The molecule has 1 heterocycles. The van der Waals surface area contributed by atoms with Gasteiger partial charge in [0.2, 0.25) is 11.8 Å². The van der Waals surface area contributed by atoms with Gasteiger partial charge in [-0.25, -0.2) is 0 Å². The predicted molar refractivity (Wildman–Crippen MR) is 130 cm³/mol. The van der Waals surface area contributed by atoms with Crippen molar-refractivity contribution in [3.05, 3.63) is 39.9 Å². The van der Waals surface area contributed by atoms with Crippen LogP contribution < -0.4 is 5.32 Å². The van der Waals surface area contributed by atoms with Crippen molar-refractivity contribution in [3.63, 3.8) is 0 Å². The van der Waals surface area contributed by atoms with Gasteiger partial charge in [0.15, 0.2) is 0 Å². The van der Waals surface area contributed by atoms with Crippen molar-refractivity contribution in [1.82, 2.24) is 15.1 Å². The van der Waals surface area contributed by atoms with E-state index in [1.54, 1.807) is 4.90 Å². The van der Waals surface area contributed by atoms with Gasteiger partial charge in [-0.3, -0.25) is 24.5 Å². The number of nitrogens with one attached hydrogen (secondary N) is 1. The standard InChI is InChI=1S/C25H38N4O5/c1-5-6-7-8-9-13-22(30)28-15-14-27(17-19(28)4)25(32)23(18(2)3)26-24(31)20-11-10-12-21(16-20)29(33)34/h10-12,16,18-19,23H,5-9,13-15,17H2,1-4H3,(H,26,31)/t19-,23+/m1/s1. The number of hydrogen-bond donors (Lipinski definition) is 1. The van der Waals surface area contributed by atoms with Crippen LogP contribution in [0.2, 0.25) is 0 Å². The SMILES string of the molecule is CCCCCCCC(=O)N1CCN(C(=O)[C@@H](NC(=O)c2cccc([N+](=O)[O-])c2)C(C)C)C[C@H]1C. The lowest BCUT2D eigenvalue weighted by Crippen LogP contribution is -2.59. The van der Waals surface area contributed by atoms with Crippen molar-refractivity contribution < 1.29 is 19.3 Å². The maximum absolute atomic E-state index is 13.3. The number of unbranched alkanes of at least 4 members (excludes halogenated alkanes) is 4. The lowest BCUT2D eigenvalue weighted by atomic mass is 10.0. The molecule has 0 radical (unpaired) electrons. The van der Waals surface area contributed by atoms with Crippen LogP contribution in [-0.2, 0) is 9.59 Å². The molecule has 1 N–H and O–H groups in total. The molecule has 1 aliphatic heterocycles. The summed E-state index contributed by atoms with van der Waals surface area (Å²) in [5.41, 5.74) is -0.0459. The predicted octanol–water partition coefficient (Wildman–Crippen LogP) is 3.77. The van der Waals surface area contributed by atoms with Gasteiger partial charge in [-0.1, -0.05) is 52.5 Å². The minimum atomic E-state index is -0.764. The molecule has 0 aliphatic carbocycles. The highest BCUT2D eigenvalue weighted by Crippen LogP contribution is 2.18. The largest absolute Gasteiger partial charge is 0.340 e. The van der Waals surface area contributed by atoms with Crippen molar-refractivity contribution in [2.45, 2.75) is 78.3 Å². The third-order valence-corrected chi connectivity index (χ3v) is 6.29. The Labute approximate surface area is 202 Å². The molecule has 34 heavy (non-hydrogen) atoms. The highest BCUT2D eigenvalue weighted by Gasteiger charge is 2.34. The first-order valence-corrected chi connectivity index (χ1v) is 12.3. The molecule has 0 saturated carbocycles. The topological polar surface area (TPSA) is 113 Å². The molecule has 0 spiro atoms. The van der Waals surface area contributed by atoms with E-state index in [1.807, 2.05) is 25.7 Å². The maximum Gasteiger partial charge on any atom is 0.270 e. The highest BCUT2D eigenvalue weighted by molar-refractivity contribution is 5.98. The van der Waals surface area contributed by atoms with E-state index in [9.17, 15) is 24.5 Å². The zero-order valence-corrected chi connectivity index (χ0v) is 20.8. The summed E-state index contributed by atoms with van der Waals surface area (Å²) in [6.45, 7) is 9.11. The second kappa shape index (κ2) is 13.1. The Balaban J connectivity index is 1.96. The van der Waals surface area contributed by atoms with E-state index in [2.05, 4.69) is 12.2 Å². The van der Waals surface area contributed by atoms with E-state index >= 15 is 0 Å². The van der Waals surface area contributed by atoms with E-state index < -0.39 is 16.9 Å². The van der Waals surface area contributed by atoms with Gasteiger partial charge in [0.05, 0.1) is 4.92 Å². The average molecular weight is 475 g/mol. The van der Waals surface area contributed by atoms with Crippen LogP contribution in [0.1, 0.15) is 76.6 Å². The van der Waals surface area contributed by atoms with Gasteiger partial charge >= 0.3 is 0 Å². The zero-order chi connectivity index (χ0) is 25.3. The Morgan fingerprint density at radius 3 is 2.47 bits per heavy atom. The number of carbonyl (C=O) groups excluding carboxylic acids is 3. The molecule has 0 unspecified atom stereocenters. The quantitative estimate of drug-likeness (QED) is 0.298. The van der Waals surface area contributed by atoms with Crippen LogP contribution in [0.5, 0.6) is 0 Å². The summed E-state index contributed by atoms with van der Waals surface area (Å²) >= 11 is 0. The van der Waals surface area contributed by atoms with E-state index in [1.165, 1.54) is 37.1 Å². The van der Waals surface area contributed by atoms with Gasteiger partial charge in [-0.05, 0) is 25.3 Å². The number of nitro groups is 1. The van der Waals surface area contributed by atoms with E-state index in [4.69, 9.17) is 0 Å². The number of nitrogens with zero attached hydrogens (tertiary/aromatic N) is 3. The van der Waals surface area contributed by atoms with Crippen LogP contribution in [0, 0.1) is 16.0 Å². The smallest absolute Gasteiger partial charge is 0.270 e. The summed E-state index contributed by atoms with van der Waals surface area (Å²) in [5, 5.41) is 13.8. The Hall–Kier alpha value is -2.97. The monoisotopic (exact) mass is 474 g/mol. The Morgan fingerprint density at radius 2 is 1.85 bits per heavy atom. The van der Waals surface area contributed by atoms with Crippen molar-refractivity contribution in [1.29, 1.82) is 0 Å². The van der Waals surface area contributed by atoms with Crippen molar-refractivity contribution in [2.24, 2.45) is 5.92 Å². The van der Waals surface area contributed by atoms with E-state index in [0.29, 0.717) is 26.1 Å². The van der Waals surface area contributed by atoms with Gasteiger partial charge < -0.3 is 15.1 Å². The molecule has 9 nitrogen and oxygen atoms in total. The normalized spacial score (nSPS) is 16.9. The van der Waals surface area contributed by atoms with Gasteiger partial charge in [0.25, 0.3) is 11.6 Å². The lowest BCUT2D eigenvalue weighted by molar-refractivity contribution is -0.384. The Morgan fingerprint density at radius 1 is 1.15 bits per heavy atom. The van der Waals surface area contributed by atoms with Crippen molar-refractivity contribution in [3.8, 4) is 0 Å². The van der Waals surface area contributed by atoms with Crippen LogP contribution in [-0.4, -0.2) is 64.2 Å². The molecule has 2 rings (SSSR count). The number of nitro benzene ring substituents is 1. The zero-order valence-electron chi connectivity index (χ0n) is 20.8. The maximum atomic E-state index is 13.3. The summed E-state index contributed by atoms with van der Waals surface area (Å²) < 4.78 is 0. The number of non-ortho nitro benzene ring substituents is 1. The van der Waals surface area contributed by atoms with Gasteiger partial charge in [0, 0.05) is 49.8 Å². The Kier molecular flexibility index (Phi) is 10.5. The number of piperazine rings is 1.